The van der Waals surface area contributed by atoms with E-state index in [9.17, 15) is 9.59 Å². The molecule has 0 aliphatic carbocycles. The maximum absolute atomic E-state index is 13.1. The average Bonchev–Trinajstić information content (AvgIpc) is 3.35. The molecule has 1 unspecified atom stereocenters. The maximum atomic E-state index is 13.1. The quantitative estimate of drug-likeness (QED) is 0.571. The number of hydrogen-bond acceptors (Lipinski definition) is 7. The van der Waals surface area contributed by atoms with Gasteiger partial charge in [0.1, 0.15) is 5.75 Å². The fourth-order valence-electron chi connectivity index (χ4n) is 4.00. The highest BCUT2D eigenvalue weighted by molar-refractivity contribution is 5.91. The summed E-state index contributed by atoms with van der Waals surface area (Å²) in [5.74, 6) is 1.49. The molecule has 0 radical (unpaired) electrons. The molecule has 35 heavy (non-hydrogen) atoms. The number of carbonyl (C=O) groups excluding carboxylic acids is 2. The van der Waals surface area contributed by atoms with E-state index < -0.39 is 0 Å². The standard InChI is InChI=1S/C25H30N6O4/c1-2-34-21-10-4-3-9-20(21)28-25(33)31-15-6-8-18(11-14-27-22(32)12-16-31)24-29-23(30-35-24)19-7-5-13-26-17-19/h3-5,7,9-10,13,17-18H,2,6,8,11-12,14-16H2,1H3,(H,27,32)(H,28,33). The van der Waals surface area contributed by atoms with Crippen molar-refractivity contribution in [1.29, 1.82) is 0 Å². The van der Waals surface area contributed by atoms with Gasteiger partial charge in [-0.25, -0.2) is 4.79 Å². The molecule has 1 aliphatic rings. The van der Waals surface area contributed by atoms with E-state index in [0.717, 1.165) is 18.4 Å². The SMILES string of the molecule is CCOc1ccccc1NC(=O)N1CCCC(c2nc(-c3cccnc3)no2)CCNC(=O)CC1. The number of nitrogens with zero attached hydrogens (tertiary/aromatic N) is 4. The zero-order chi connectivity index (χ0) is 24.5. The number of pyridine rings is 1. The summed E-state index contributed by atoms with van der Waals surface area (Å²) in [5, 5.41) is 9.97. The maximum Gasteiger partial charge on any atom is 0.321 e. The molecule has 1 fully saturated rings. The van der Waals surface area contributed by atoms with Crippen LogP contribution in [0.25, 0.3) is 11.4 Å². The van der Waals surface area contributed by atoms with Gasteiger partial charge in [0, 0.05) is 49.9 Å². The van der Waals surface area contributed by atoms with Crippen LogP contribution in [0.5, 0.6) is 5.75 Å². The summed E-state index contributed by atoms with van der Waals surface area (Å²) in [6.45, 7) is 3.71. The summed E-state index contributed by atoms with van der Waals surface area (Å²) in [6, 6.07) is 10.7. The predicted molar refractivity (Wildman–Crippen MR) is 130 cm³/mol. The third kappa shape index (κ3) is 6.56. The first-order valence-electron chi connectivity index (χ1n) is 11.9. The van der Waals surface area contributed by atoms with Gasteiger partial charge in [0.25, 0.3) is 0 Å². The van der Waals surface area contributed by atoms with Crippen molar-refractivity contribution in [3.05, 3.63) is 54.7 Å². The number of aromatic nitrogens is 3. The molecule has 0 spiro atoms. The number of urea groups is 1. The number of amides is 3. The molecule has 1 atom stereocenters. The normalized spacial score (nSPS) is 17.2. The minimum Gasteiger partial charge on any atom is -0.492 e. The second kappa shape index (κ2) is 12.0. The molecular formula is C25H30N6O4. The Balaban J connectivity index is 1.44. The van der Waals surface area contributed by atoms with Crippen molar-refractivity contribution >= 4 is 17.6 Å². The lowest BCUT2D eigenvalue weighted by Gasteiger charge is -2.23. The van der Waals surface area contributed by atoms with Crippen molar-refractivity contribution in [3.8, 4) is 17.1 Å². The highest BCUT2D eigenvalue weighted by atomic mass is 16.5. The highest BCUT2D eigenvalue weighted by Gasteiger charge is 2.23. The summed E-state index contributed by atoms with van der Waals surface area (Å²) in [6.07, 6.45) is 5.75. The minimum atomic E-state index is -0.266. The zero-order valence-electron chi connectivity index (χ0n) is 19.8. The fraction of sp³-hybridized carbons (Fsp3) is 0.400. The number of nitrogens with one attached hydrogen (secondary N) is 2. The van der Waals surface area contributed by atoms with Gasteiger partial charge in [-0.1, -0.05) is 17.3 Å². The fourth-order valence-corrected chi connectivity index (χ4v) is 4.00. The first-order valence-corrected chi connectivity index (χ1v) is 11.9. The van der Waals surface area contributed by atoms with Crippen LogP contribution in [0.1, 0.15) is 44.4 Å². The molecule has 3 amide bonds. The van der Waals surface area contributed by atoms with Gasteiger partial charge >= 0.3 is 6.03 Å². The smallest absolute Gasteiger partial charge is 0.321 e. The van der Waals surface area contributed by atoms with Crippen molar-refractivity contribution in [3.63, 3.8) is 0 Å². The van der Waals surface area contributed by atoms with Crippen LogP contribution in [0, 0.1) is 0 Å². The Morgan fingerprint density at radius 2 is 2.11 bits per heavy atom. The van der Waals surface area contributed by atoms with Crippen LogP contribution in [-0.4, -0.2) is 58.2 Å². The monoisotopic (exact) mass is 478 g/mol. The van der Waals surface area contributed by atoms with E-state index in [0.29, 0.717) is 55.8 Å². The first-order chi connectivity index (χ1) is 17.1. The largest absolute Gasteiger partial charge is 0.492 e. The van der Waals surface area contributed by atoms with Crippen molar-refractivity contribution in [2.45, 2.75) is 38.5 Å². The first kappa shape index (κ1) is 24.2. The Labute approximate surface area is 204 Å². The van der Waals surface area contributed by atoms with E-state index in [-0.39, 0.29) is 24.3 Å². The van der Waals surface area contributed by atoms with E-state index in [1.165, 1.54) is 0 Å². The summed E-state index contributed by atoms with van der Waals surface area (Å²) >= 11 is 0. The van der Waals surface area contributed by atoms with Crippen LogP contribution in [0.4, 0.5) is 10.5 Å². The molecule has 1 aliphatic heterocycles. The van der Waals surface area contributed by atoms with E-state index >= 15 is 0 Å². The lowest BCUT2D eigenvalue weighted by atomic mass is 9.99. The minimum absolute atomic E-state index is 0.0325. The molecular weight excluding hydrogens is 448 g/mol. The van der Waals surface area contributed by atoms with Crippen molar-refractivity contribution in [1.82, 2.24) is 25.3 Å². The second-order valence-electron chi connectivity index (χ2n) is 8.27. The summed E-state index contributed by atoms with van der Waals surface area (Å²) in [4.78, 5) is 35.8. The number of rotatable bonds is 5. The topological polar surface area (TPSA) is 122 Å². The lowest BCUT2D eigenvalue weighted by molar-refractivity contribution is -0.121. The van der Waals surface area contributed by atoms with Crippen molar-refractivity contribution in [2.75, 3.05) is 31.6 Å². The van der Waals surface area contributed by atoms with Gasteiger partial charge in [0.2, 0.25) is 17.6 Å². The number of ether oxygens (including phenoxy) is 1. The Morgan fingerprint density at radius 3 is 2.94 bits per heavy atom. The van der Waals surface area contributed by atoms with Gasteiger partial charge in [0.05, 0.1) is 12.3 Å². The Kier molecular flexibility index (Phi) is 8.26. The molecule has 0 saturated carbocycles. The Hall–Kier alpha value is -3.95. The molecule has 10 heteroatoms. The van der Waals surface area contributed by atoms with Crippen LogP contribution in [0.15, 0.2) is 53.3 Å². The number of benzene rings is 1. The molecule has 0 bridgehead atoms. The van der Waals surface area contributed by atoms with E-state index in [2.05, 4.69) is 25.8 Å². The molecule has 3 heterocycles. The Bertz CT molecular complexity index is 1120. The van der Waals surface area contributed by atoms with Crippen LogP contribution >= 0.6 is 0 Å². The molecule has 4 rings (SSSR count). The third-order valence-corrected chi connectivity index (χ3v) is 5.83. The van der Waals surface area contributed by atoms with Gasteiger partial charge < -0.3 is 24.8 Å². The summed E-state index contributed by atoms with van der Waals surface area (Å²) < 4.78 is 11.2. The van der Waals surface area contributed by atoms with Crippen molar-refractivity contribution in [2.24, 2.45) is 0 Å². The molecule has 1 aromatic carbocycles. The van der Waals surface area contributed by atoms with E-state index in [4.69, 9.17) is 9.26 Å². The van der Waals surface area contributed by atoms with Crippen molar-refractivity contribution < 1.29 is 18.8 Å². The molecule has 184 valence electrons. The number of hydrogen-bond donors (Lipinski definition) is 2. The van der Waals surface area contributed by atoms with Crippen LogP contribution in [0.2, 0.25) is 0 Å². The number of anilines is 1. The van der Waals surface area contributed by atoms with Gasteiger partial charge in [-0.05, 0) is 50.5 Å². The second-order valence-corrected chi connectivity index (χ2v) is 8.27. The average molecular weight is 479 g/mol. The highest BCUT2D eigenvalue weighted by Crippen LogP contribution is 2.27. The summed E-state index contributed by atoms with van der Waals surface area (Å²) in [5.41, 5.74) is 1.38. The predicted octanol–water partition coefficient (Wildman–Crippen LogP) is 3.84. The number of para-hydroxylation sites is 2. The molecule has 2 aromatic heterocycles. The third-order valence-electron chi connectivity index (χ3n) is 5.83. The van der Waals surface area contributed by atoms with Gasteiger partial charge in [-0.2, -0.15) is 4.98 Å². The molecule has 10 nitrogen and oxygen atoms in total. The van der Waals surface area contributed by atoms with E-state index in [1.807, 2.05) is 37.3 Å². The van der Waals surface area contributed by atoms with Crippen LogP contribution in [-0.2, 0) is 4.79 Å². The lowest BCUT2D eigenvalue weighted by Crippen LogP contribution is -2.38. The van der Waals surface area contributed by atoms with Crippen LogP contribution in [0.3, 0.4) is 0 Å². The molecule has 1 saturated heterocycles. The number of carbonyl (C=O) groups is 2. The zero-order valence-corrected chi connectivity index (χ0v) is 19.8. The molecule has 2 N–H and O–H groups in total. The molecule has 3 aromatic rings. The summed E-state index contributed by atoms with van der Waals surface area (Å²) in [7, 11) is 0. The van der Waals surface area contributed by atoms with Gasteiger partial charge in [0.15, 0.2) is 0 Å². The van der Waals surface area contributed by atoms with E-state index in [1.54, 1.807) is 23.4 Å². The Morgan fingerprint density at radius 1 is 1.23 bits per heavy atom. The van der Waals surface area contributed by atoms with Gasteiger partial charge in [-0.3, -0.25) is 9.78 Å². The van der Waals surface area contributed by atoms with Crippen LogP contribution < -0.4 is 15.4 Å². The van der Waals surface area contributed by atoms with Gasteiger partial charge in [-0.15, -0.1) is 0 Å².